The molecular formula is C25H22F2N4O2. The van der Waals surface area contributed by atoms with Crippen molar-refractivity contribution in [1.82, 2.24) is 20.1 Å². The van der Waals surface area contributed by atoms with E-state index >= 15 is 0 Å². The van der Waals surface area contributed by atoms with Gasteiger partial charge in [0.05, 0.1) is 11.4 Å². The van der Waals surface area contributed by atoms with Crippen LogP contribution in [-0.2, 0) is 19.3 Å². The zero-order chi connectivity index (χ0) is 22.9. The van der Waals surface area contributed by atoms with E-state index in [1.165, 1.54) is 6.07 Å². The van der Waals surface area contributed by atoms with Crippen LogP contribution >= 0.6 is 0 Å². The molecule has 5 rings (SSSR count). The molecule has 0 atom stereocenters. The van der Waals surface area contributed by atoms with Crippen LogP contribution in [0.2, 0.25) is 0 Å². The van der Waals surface area contributed by atoms with E-state index in [1.807, 2.05) is 31.2 Å². The predicted octanol–water partition coefficient (Wildman–Crippen LogP) is 4.58. The van der Waals surface area contributed by atoms with Gasteiger partial charge < -0.3 is 9.73 Å². The van der Waals surface area contributed by atoms with E-state index < -0.39 is 11.6 Å². The number of carbonyl (C=O) groups excluding carboxylic acids is 1. The van der Waals surface area contributed by atoms with Crippen LogP contribution in [0.15, 0.2) is 53.1 Å². The number of nitrogens with one attached hydrogen (secondary N) is 1. The molecule has 2 heterocycles. The van der Waals surface area contributed by atoms with E-state index in [4.69, 9.17) is 4.42 Å². The molecule has 0 radical (unpaired) electrons. The van der Waals surface area contributed by atoms with Gasteiger partial charge >= 0.3 is 0 Å². The van der Waals surface area contributed by atoms with Gasteiger partial charge in [-0.1, -0.05) is 17.7 Å². The molecule has 8 heteroatoms. The minimum Gasteiger partial charge on any atom is -0.444 e. The van der Waals surface area contributed by atoms with Gasteiger partial charge in [0.15, 0.2) is 17.3 Å². The van der Waals surface area contributed by atoms with Crippen molar-refractivity contribution in [3.05, 3.63) is 88.6 Å². The number of carbonyl (C=O) groups is 1. The van der Waals surface area contributed by atoms with Crippen molar-refractivity contribution in [3.63, 3.8) is 0 Å². The topological polar surface area (TPSA) is 73.0 Å². The highest BCUT2D eigenvalue weighted by atomic mass is 19.2. The van der Waals surface area contributed by atoms with Gasteiger partial charge in [-0.25, -0.2) is 18.4 Å². The summed E-state index contributed by atoms with van der Waals surface area (Å²) in [6.45, 7) is 2.38. The molecule has 2 aromatic heterocycles. The zero-order valence-corrected chi connectivity index (χ0v) is 18.1. The fourth-order valence-electron chi connectivity index (χ4n) is 4.09. The summed E-state index contributed by atoms with van der Waals surface area (Å²) in [5, 5.41) is 7.32. The molecule has 33 heavy (non-hydrogen) atoms. The lowest BCUT2D eigenvalue weighted by Crippen LogP contribution is -2.27. The second kappa shape index (κ2) is 8.61. The monoisotopic (exact) mass is 448 g/mol. The number of hydrogen-bond donors (Lipinski definition) is 1. The summed E-state index contributed by atoms with van der Waals surface area (Å²) in [7, 11) is 0. The molecule has 0 bridgehead atoms. The lowest BCUT2D eigenvalue weighted by Gasteiger charge is -2.06. The minimum atomic E-state index is -0.946. The first-order valence-corrected chi connectivity index (χ1v) is 10.9. The van der Waals surface area contributed by atoms with Gasteiger partial charge in [0.1, 0.15) is 6.26 Å². The van der Waals surface area contributed by atoms with Crippen LogP contribution in [0.4, 0.5) is 8.78 Å². The first-order valence-electron chi connectivity index (χ1n) is 10.9. The van der Waals surface area contributed by atoms with Crippen molar-refractivity contribution in [2.75, 3.05) is 6.54 Å². The number of aromatic nitrogens is 3. The first kappa shape index (κ1) is 21.1. The maximum atomic E-state index is 13.7. The van der Waals surface area contributed by atoms with Crippen molar-refractivity contribution in [2.24, 2.45) is 0 Å². The number of nitrogens with zero attached hydrogens (tertiary/aromatic N) is 3. The summed E-state index contributed by atoms with van der Waals surface area (Å²) in [4.78, 5) is 17.3. The van der Waals surface area contributed by atoms with Crippen LogP contribution in [0.5, 0.6) is 0 Å². The Balaban J connectivity index is 1.27. The molecule has 4 aromatic rings. The highest BCUT2D eigenvalue weighted by Gasteiger charge is 2.27. The Morgan fingerprint density at radius 2 is 1.94 bits per heavy atom. The maximum absolute atomic E-state index is 13.7. The number of oxazole rings is 1. The maximum Gasteiger partial charge on any atom is 0.272 e. The lowest BCUT2D eigenvalue weighted by molar-refractivity contribution is 0.0947. The average molecular weight is 448 g/mol. The largest absolute Gasteiger partial charge is 0.444 e. The molecule has 1 aliphatic rings. The second-order valence-electron chi connectivity index (χ2n) is 8.15. The predicted molar refractivity (Wildman–Crippen MR) is 118 cm³/mol. The molecule has 1 N–H and O–H groups in total. The van der Waals surface area contributed by atoms with E-state index in [1.54, 1.807) is 10.9 Å². The van der Waals surface area contributed by atoms with Crippen LogP contribution in [0.3, 0.4) is 0 Å². The van der Waals surface area contributed by atoms with Gasteiger partial charge in [0.2, 0.25) is 5.89 Å². The Bertz CT molecular complexity index is 1320. The van der Waals surface area contributed by atoms with Crippen LogP contribution in [-0.4, -0.2) is 27.2 Å². The number of hydrogen-bond acceptors (Lipinski definition) is 4. The normalized spacial score (nSPS) is 12.7. The highest BCUT2D eigenvalue weighted by Crippen LogP contribution is 2.28. The van der Waals surface area contributed by atoms with E-state index in [2.05, 4.69) is 15.4 Å². The number of aryl methyl sites for hydroxylation is 1. The molecule has 1 aliphatic carbocycles. The van der Waals surface area contributed by atoms with Gasteiger partial charge in [0, 0.05) is 35.9 Å². The van der Waals surface area contributed by atoms with Gasteiger partial charge in [-0.3, -0.25) is 4.79 Å². The zero-order valence-electron chi connectivity index (χ0n) is 18.1. The number of benzene rings is 2. The third kappa shape index (κ3) is 4.16. The highest BCUT2D eigenvalue weighted by molar-refractivity contribution is 5.94. The lowest BCUT2D eigenvalue weighted by atomic mass is 10.1. The van der Waals surface area contributed by atoms with E-state index in [9.17, 15) is 13.6 Å². The van der Waals surface area contributed by atoms with E-state index in [0.717, 1.165) is 59.5 Å². The van der Waals surface area contributed by atoms with Crippen molar-refractivity contribution < 1.29 is 18.0 Å². The second-order valence-corrected chi connectivity index (χ2v) is 8.15. The Morgan fingerprint density at radius 3 is 2.73 bits per heavy atom. The van der Waals surface area contributed by atoms with Crippen LogP contribution < -0.4 is 5.32 Å². The molecule has 0 unspecified atom stereocenters. The summed E-state index contributed by atoms with van der Waals surface area (Å²) in [6, 6.07) is 11.5. The molecule has 2 aromatic carbocycles. The molecule has 0 fully saturated rings. The Labute approximate surface area is 189 Å². The SMILES string of the molecule is Cc1ccc(-c2nc(CCNC(=O)c3nn(-c4ccc(F)c(F)c4)c4c3CCC4)co2)cc1. The summed E-state index contributed by atoms with van der Waals surface area (Å²) in [5.74, 6) is -1.62. The van der Waals surface area contributed by atoms with E-state index in [-0.39, 0.29) is 5.91 Å². The minimum absolute atomic E-state index is 0.295. The molecule has 1 amide bonds. The quantitative estimate of drug-likeness (QED) is 0.469. The number of halogens is 2. The van der Waals surface area contributed by atoms with Gasteiger partial charge in [-0.05, 0) is 50.5 Å². The van der Waals surface area contributed by atoms with Crippen LogP contribution in [0, 0.1) is 18.6 Å². The van der Waals surface area contributed by atoms with E-state index in [0.29, 0.717) is 30.2 Å². The smallest absolute Gasteiger partial charge is 0.272 e. The molecular weight excluding hydrogens is 426 g/mol. The van der Waals surface area contributed by atoms with Crippen molar-refractivity contribution >= 4 is 5.91 Å². The Kier molecular flexibility index (Phi) is 5.50. The summed E-state index contributed by atoms with van der Waals surface area (Å²) >= 11 is 0. The fraction of sp³-hybridized carbons (Fsp3) is 0.240. The third-order valence-corrected chi connectivity index (χ3v) is 5.81. The summed E-state index contributed by atoms with van der Waals surface area (Å²) in [6.07, 6.45) is 4.45. The molecule has 168 valence electrons. The van der Waals surface area contributed by atoms with Gasteiger partial charge in [-0.15, -0.1) is 0 Å². The molecule has 0 spiro atoms. The fourth-order valence-corrected chi connectivity index (χ4v) is 4.09. The van der Waals surface area contributed by atoms with Gasteiger partial charge in [-0.2, -0.15) is 5.10 Å². The van der Waals surface area contributed by atoms with Crippen LogP contribution in [0.1, 0.15) is 39.4 Å². The molecule has 0 aliphatic heterocycles. The third-order valence-electron chi connectivity index (χ3n) is 5.81. The molecule has 0 saturated heterocycles. The van der Waals surface area contributed by atoms with Crippen molar-refractivity contribution in [3.8, 4) is 17.1 Å². The average Bonchev–Trinajstić information content (AvgIpc) is 3.53. The number of rotatable bonds is 6. The Hall–Kier alpha value is -3.81. The standard InChI is InChI=1S/C25H22F2N4O2/c1-15-5-7-16(8-6-15)25-29-17(14-33-25)11-12-28-24(32)23-19-3-2-4-22(19)31(30-23)18-9-10-20(26)21(27)13-18/h5-10,13-14H,2-4,11-12H2,1H3,(H,28,32). The first-order chi connectivity index (χ1) is 16.0. The van der Waals surface area contributed by atoms with Crippen molar-refractivity contribution in [2.45, 2.75) is 32.6 Å². The molecule has 6 nitrogen and oxygen atoms in total. The number of amides is 1. The molecule has 0 saturated carbocycles. The van der Waals surface area contributed by atoms with Crippen molar-refractivity contribution in [1.29, 1.82) is 0 Å². The number of fused-ring (bicyclic) bond motifs is 1. The Morgan fingerprint density at radius 1 is 1.12 bits per heavy atom. The van der Waals surface area contributed by atoms with Gasteiger partial charge in [0.25, 0.3) is 5.91 Å². The summed E-state index contributed by atoms with van der Waals surface area (Å²) in [5.41, 5.74) is 5.25. The summed E-state index contributed by atoms with van der Waals surface area (Å²) < 4.78 is 34.2. The van der Waals surface area contributed by atoms with Crippen LogP contribution in [0.25, 0.3) is 17.1 Å².